The SMILES string of the molecule is CCCNC1CCC(CC)CC1CN(C)CCC. The minimum absolute atomic E-state index is 0.770. The lowest BCUT2D eigenvalue weighted by Gasteiger charge is -2.38. The van der Waals surface area contributed by atoms with Gasteiger partial charge in [-0.25, -0.2) is 0 Å². The maximum atomic E-state index is 3.79. The van der Waals surface area contributed by atoms with E-state index in [0.29, 0.717) is 0 Å². The van der Waals surface area contributed by atoms with Crippen molar-refractivity contribution in [3.8, 4) is 0 Å². The molecule has 0 aromatic carbocycles. The summed E-state index contributed by atoms with van der Waals surface area (Å²) in [7, 11) is 2.29. The molecule has 0 spiro atoms. The van der Waals surface area contributed by atoms with Crippen LogP contribution in [0.3, 0.4) is 0 Å². The molecule has 1 N–H and O–H groups in total. The van der Waals surface area contributed by atoms with Gasteiger partial charge in [0.15, 0.2) is 0 Å². The third-order valence-corrected chi connectivity index (χ3v) is 4.48. The van der Waals surface area contributed by atoms with Gasteiger partial charge in [0.25, 0.3) is 0 Å². The summed E-state index contributed by atoms with van der Waals surface area (Å²) in [6.07, 6.45) is 8.16. The zero-order chi connectivity index (χ0) is 13.4. The molecule has 108 valence electrons. The van der Waals surface area contributed by atoms with Crippen molar-refractivity contribution in [2.45, 2.75) is 65.3 Å². The maximum absolute atomic E-state index is 3.79. The fourth-order valence-corrected chi connectivity index (χ4v) is 3.41. The van der Waals surface area contributed by atoms with Crippen LogP contribution >= 0.6 is 0 Å². The lowest BCUT2D eigenvalue weighted by Crippen LogP contribution is -2.45. The van der Waals surface area contributed by atoms with Crippen LogP contribution in [0.4, 0.5) is 0 Å². The highest BCUT2D eigenvalue weighted by molar-refractivity contribution is 4.86. The summed E-state index contributed by atoms with van der Waals surface area (Å²) < 4.78 is 0. The van der Waals surface area contributed by atoms with Gasteiger partial charge in [-0.3, -0.25) is 0 Å². The van der Waals surface area contributed by atoms with Crippen molar-refractivity contribution in [3.05, 3.63) is 0 Å². The van der Waals surface area contributed by atoms with Crippen LogP contribution in [0.5, 0.6) is 0 Å². The first-order valence-corrected chi connectivity index (χ1v) is 8.13. The maximum Gasteiger partial charge on any atom is 0.0108 e. The second kappa shape index (κ2) is 8.92. The average Bonchev–Trinajstić information content (AvgIpc) is 2.37. The van der Waals surface area contributed by atoms with E-state index in [4.69, 9.17) is 0 Å². The molecule has 3 unspecified atom stereocenters. The van der Waals surface area contributed by atoms with Crippen molar-refractivity contribution < 1.29 is 0 Å². The molecule has 1 fully saturated rings. The molecule has 1 aliphatic rings. The molecular weight excluding hydrogens is 220 g/mol. The van der Waals surface area contributed by atoms with Crippen LogP contribution in [0.15, 0.2) is 0 Å². The quantitative estimate of drug-likeness (QED) is 0.713. The number of nitrogens with zero attached hydrogens (tertiary/aromatic N) is 1. The molecule has 0 aromatic heterocycles. The highest BCUT2D eigenvalue weighted by Gasteiger charge is 2.29. The van der Waals surface area contributed by atoms with Crippen molar-refractivity contribution >= 4 is 0 Å². The zero-order valence-corrected chi connectivity index (χ0v) is 13.0. The standard InChI is InChI=1S/C16H34N2/c1-5-10-17-16-9-8-14(7-3)12-15(16)13-18(4)11-6-2/h14-17H,5-13H2,1-4H3. The van der Waals surface area contributed by atoms with Gasteiger partial charge in [-0.05, 0) is 64.1 Å². The molecule has 0 radical (unpaired) electrons. The molecule has 0 amide bonds. The molecule has 2 heteroatoms. The van der Waals surface area contributed by atoms with Crippen LogP contribution < -0.4 is 5.32 Å². The summed E-state index contributed by atoms with van der Waals surface area (Å²) in [4.78, 5) is 2.53. The predicted molar refractivity (Wildman–Crippen MR) is 81.0 cm³/mol. The topological polar surface area (TPSA) is 15.3 Å². The lowest BCUT2D eigenvalue weighted by atomic mass is 9.76. The summed E-state index contributed by atoms with van der Waals surface area (Å²) in [6.45, 7) is 10.6. The lowest BCUT2D eigenvalue weighted by molar-refractivity contribution is 0.152. The molecule has 18 heavy (non-hydrogen) atoms. The number of hydrogen-bond acceptors (Lipinski definition) is 2. The van der Waals surface area contributed by atoms with Crippen LogP contribution in [-0.4, -0.2) is 37.6 Å². The van der Waals surface area contributed by atoms with E-state index in [9.17, 15) is 0 Å². The van der Waals surface area contributed by atoms with Crippen LogP contribution in [0.25, 0.3) is 0 Å². The van der Waals surface area contributed by atoms with Gasteiger partial charge in [0, 0.05) is 12.6 Å². The number of nitrogens with one attached hydrogen (secondary N) is 1. The fraction of sp³-hybridized carbons (Fsp3) is 1.00. The molecule has 2 nitrogen and oxygen atoms in total. The van der Waals surface area contributed by atoms with E-state index in [0.717, 1.165) is 17.9 Å². The Morgan fingerprint density at radius 2 is 1.89 bits per heavy atom. The third-order valence-electron chi connectivity index (χ3n) is 4.48. The molecule has 1 saturated carbocycles. The van der Waals surface area contributed by atoms with Crippen molar-refractivity contribution in [2.24, 2.45) is 11.8 Å². The normalized spacial score (nSPS) is 28.8. The fourth-order valence-electron chi connectivity index (χ4n) is 3.41. The molecule has 0 aromatic rings. The minimum atomic E-state index is 0.770. The van der Waals surface area contributed by atoms with Crippen LogP contribution in [0.1, 0.15) is 59.3 Å². The first-order chi connectivity index (χ1) is 8.71. The molecular formula is C16H34N2. The van der Waals surface area contributed by atoms with Crippen LogP contribution in [-0.2, 0) is 0 Å². The molecule has 0 bridgehead atoms. The molecule has 0 heterocycles. The van der Waals surface area contributed by atoms with E-state index < -0.39 is 0 Å². The summed E-state index contributed by atoms with van der Waals surface area (Å²) in [5, 5.41) is 3.79. The second-order valence-electron chi connectivity index (χ2n) is 6.17. The second-order valence-corrected chi connectivity index (χ2v) is 6.17. The summed E-state index contributed by atoms with van der Waals surface area (Å²) in [6, 6.07) is 0.770. The van der Waals surface area contributed by atoms with Gasteiger partial charge < -0.3 is 10.2 Å². The van der Waals surface area contributed by atoms with Crippen molar-refractivity contribution in [2.75, 3.05) is 26.7 Å². The van der Waals surface area contributed by atoms with Crippen molar-refractivity contribution in [1.82, 2.24) is 10.2 Å². The van der Waals surface area contributed by atoms with Gasteiger partial charge >= 0.3 is 0 Å². The Morgan fingerprint density at radius 3 is 2.50 bits per heavy atom. The molecule has 0 saturated heterocycles. The number of hydrogen-bond donors (Lipinski definition) is 1. The van der Waals surface area contributed by atoms with Crippen molar-refractivity contribution in [1.29, 1.82) is 0 Å². The summed E-state index contributed by atoms with van der Waals surface area (Å²) in [5.74, 6) is 1.84. The highest BCUT2D eigenvalue weighted by atomic mass is 15.1. The van der Waals surface area contributed by atoms with Gasteiger partial charge in [-0.2, -0.15) is 0 Å². The van der Waals surface area contributed by atoms with Crippen LogP contribution in [0.2, 0.25) is 0 Å². The Labute approximate surface area is 115 Å². The highest BCUT2D eigenvalue weighted by Crippen LogP contribution is 2.31. The predicted octanol–water partition coefficient (Wildman–Crippen LogP) is 3.52. The van der Waals surface area contributed by atoms with Gasteiger partial charge in [0.1, 0.15) is 0 Å². The first kappa shape index (κ1) is 16.0. The zero-order valence-electron chi connectivity index (χ0n) is 13.0. The Bertz CT molecular complexity index is 205. The largest absolute Gasteiger partial charge is 0.314 e. The molecule has 1 rings (SSSR count). The molecule has 3 atom stereocenters. The van der Waals surface area contributed by atoms with E-state index in [1.165, 1.54) is 58.2 Å². The molecule has 0 aliphatic heterocycles. The summed E-state index contributed by atoms with van der Waals surface area (Å²) in [5.41, 5.74) is 0. The first-order valence-electron chi connectivity index (χ1n) is 8.13. The third kappa shape index (κ3) is 5.27. The Kier molecular flexibility index (Phi) is 7.92. The van der Waals surface area contributed by atoms with E-state index in [2.05, 4.69) is 38.0 Å². The van der Waals surface area contributed by atoms with Gasteiger partial charge in [-0.15, -0.1) is 0 Å². The van der Waals surface area contributed by atoms with E-state index in [-0.39, 0.29) is 0 Å². The summed E-state index contributed by atoms with van der Waals surface area (Å²) >= 11 is 0. The smallest absolute Gasteiger partial charge is 0.0108 e. The number of rotatable bonds is 8. The van der Waals surface area contributed by atoms with E-state index in [1.807, 2.05) is 0 Å². The Balaban J connectivity index is 2.47. The van der Waals surface area contributed by atoms with Crippen LogP contribution in [0, 0.1) is 11.8 Å². The van der Waals surface area contributed by atoms with Gasteiger partial charge in [-0.1, -0.05) is 27.2 Å². The Hall–Kier alpha value is -0.0800. The van der Waals surface area contributed by atoms with Crippen molar-refractivity contribution in [3.63, 3.8) is 0 Å². The molecule has 1 aliphatic carbocycles. The van der Waals surface area contributed by atoms with Gasteiger partial charge in [0.2, 0.25) is 0 Å². The monoisotopic (exact) mass is 254 g/mol. The van der Waals surface area contributed by atoms with E-state index in [1.54, 1.807) is 0 Å². The Morgan fingerprint density at radius 1 is 1.11 bits per heavy atom. The minimum Gasteiger partial charge on any atom is -0.314 e. The average molecular weight is 254 g/mol. The van der Waals surface area contributed by atoms with Gasteiger partial charge in [0.05, 0.1) is 0 Å². The van der Waals surface area contributed by atoms with E-state index >= 15 is 0 Å².